The molecule has 0 aliphatic carbocycles. The second-order valence-electron chi connectivity index (χ2n) is 8.74. The number of carbonyl (C=O) groups is 1. The number of hydrogen-bond donors (Lipinski definition) is 0. The summed E-state index contributed by atoms with van der Waals surface area (Å²) >= 11 is 12.1. The molecular formula is C25H21Cl2F9OS. The maximum atomic E-state index is 15.0. The van der Waals surface area contributed by atoms with Crippen molar-refractivity contribution in [1.29, 1.82) is 0 Å². The average Bonchev–Trinajstić information content (AvgIpc) is 2.76. The molecule has 0 aliphatic heterocycles. The minimum absolute atomic E-state index is 0.0568. The molecule has 0 bridgehead atoms. The molecule has 0 saturated carbocycles. The number of benzene rings is 2. The van der Waals surface area contributed by atoms with E-state index in [9.17, 15) is 39.9 Å². The molecule has 2 rings (SSSR count). The van der Waals surface area contributed by atoms with E-state index < -0.39 is 70.6 Å². The van der Waals surface area contributed by atoms with Crippen molar-refractivity contribution in [3.63, 3.8) is 0 Å². The van der Waals surface area contributed by atoms with Gasteiger partial charge in [-0.05, 0) is 41.5 Å². The van der Waals surface area contributed by atoms with Crippen molar-refractivity contribution in [2.75, 3.05) is 11.5 Å². The van der Waals surface area contributed by atoms with Gasteiger partial charge in [0.1, 0.15) is 5.83 Å². The lowest BCUT2D eigenvalue weighted by molar-refractivity contribution is -0.138. The van der Waals surface area contributed by atoms with Crippen molar-refractivity contribution < 1.29 is 44.3 Å². The molecule has 0 aliphatic rings. The molecule has 0 N–H and O–H groups in total. The molecular weight excluding hydrogens is 590 g/mol. The zero-order valence-electron chi connectivity index (χ0n) is 19.8. The van der Waals surface area contributed by atoms with Gasteiger partial charge in [-0.2, -0.15) is 38.1 Å². The van der Waals surface area contributed by atoms with Crippen LogP contribution >= 0.6 is 35.0 Å². The third-order valence-corrected chi connectivity index (χ3v) is 7.34. The molecule has 0 amide bonds. The van der Waals surface area contributed by atoms with Crippen LogP contribution in [0.3, 0.4) is 0 Å². The molecule has 1 unspecified atom stereocenters. The van der Waals surface area contributed by atoms with Gasteiger partial charge in [-0.15, -0.1) is 0 Å². The van der Waals surface area contributed by atoms with Gasteiger partial charge < -0.3 is 0 Å². The first-order chi connectivity index (χ1) is 17.3. The first kappa shape index (κ1) is 32.4. The van der Waals surface area contributed by atoms with E-state index in [2.05, 4.69) is 0 Å². The molecule has 1 nitrogen and oxygen atoms in total. The van der Waals surface area contributed by atoms with Gasteiger partial charge in [-0.25, -0.2) is 13.2 Å². The summed E-state index contributed by atoms with van der Waals surface area (Å²) in [5.74, 6) is -9.82. The van der Waals surface area contributed by atoms with Gasteiger partial charge in [0.05, 0.1) is 27.3 Å². The highest BCUT2D eigenvalue weighted by molar-refractivity contribution is 7.99. The van der Waals surface area contributed by atoms with Crippen LogP contribution in [-0.4, -0.2) is 29.4 Å². The van der Waals surface area contributed by atoms with Crippen LogP contribution in [0.4, 0.5) is 39.5 Å². The minimum Gasteiger partial charge on any atom is -0.294 e. The van der Waals surface area contributed by atoms with Gasteiger partial charge in [0.15, 0.2) is 5.78 Å². The van der Waals surface area contributed by atoms with Gasteiger partial charge >= 0.3 is 12.4 Å². The molecule has 0 saturated heterocycles. The van der Waals surface area contributed by atoms with Crippen LogP contribution in [0.1, 0.15) is 53.2 Å². The maximum absolute atomic E-state index is 15.0. The number of carbonyl (C=O) groups excluding carboxylic acids is 1. The fraction of sp³-hybridized carbons (Fsp3) is 0.400. The van der Waals surface area contributed by atoms with Gasteiger partial charge in [-0.3, -0.25) is 4.79 Å². The summed E-state index contributed by atoms with van der Waals surface area (Å²) in [6, 6.07) is 5.39. The van der Waals surface area contributed by atoms with Gasteiger partial charge in [0, 0.05) is 24.5 Å². The van der Waals surface area contributed by atoms with E-state index in [1.165, 1.54) is 19.1 Å². The van der Waals surface area contributed by atoms with Crippen molar-refractivity contribution in [2.24, 2.45) is 5.92 Å². The molecule has 2 aromatic carbocycles. The highest BCUT2D eigenvalue weighted by Gasteiger charge is 2.37. The predicted octanol–water partition coefficient (Wildman–Crippen LogP) is 10.3. The Balaban J connectivity index is 2.38. The zero-order valence-corrected chi connectivity index (χ0v) is 22.1. The molecule has 2 atom stereocenters. The van der Waals surface area contributed by atoms with Crippen LogP contribution in [0.25, 0.3) is 5.83 Å². The van der Waals surface area contributed by atoms with Crippen molar-refractivity contribution >= 4 is 46.6 Å². The summed E-state index contributed by atoms with van der Waals surface area (Å²) in [5, 5.41) is -0.0261. The first-order valence-corrected chi connectivity index (χ1v) is 12.8. The Morgan fingerprint density at radius 3 is 2.13 bits per heavy atom. The lowest BCUT2D eigenvalue weighted by Gasteiger charge is -2.22. The highest BCUT2D eigenvalue weighted by atomic mass is 35.5. The predicted molar refractivity (Wildman–Crippen MR) is 132 cm³/mol. The molecule has 0 heterocycles. The summed E-state index contributed by atoms with van der Waals surface area (Å²) < 4.78 is 122. The normalized spacial score (nSPS) is 14.9. The smallest absolute Gasteiger partial charge is 0.294 e. The molecule has 13 heteroatoms. The van der Waals surface area contributed by atoms with Crippen LogP contribution in [0.2, 0.25) is 10.0 Å². The van der Waals surface area contributed by atoms with Crippen LogP contribution in [0.15, 0.2) is 42.5 Å². The summed E-state index contributed by atoms with van der Waals surface area (Å²) in [6.07, 6.45) is -9.55. The van der Waals surface area contributed by atoms with Crippen molar-refractivity contribution in [2.45, 2.75) is 44.5 Å². The van der Waals surface area contributed by atoms with E-state index in [0.717, 1.165) is 18.2 Å². The van der Waals surface area contributed by atoms with Crippen LogP contribution in [0, 0.1) is 5.92 Å². The topological polar surface area (TPSA) is 17.1 Å². The van der Waals surface area contributed by atoms with E-state index >= 15 is 4.39 Å². The fourth-order valence-corrected chi connectivity index (χ4v) is 4.69. The number of halogens is 11. The van der Waals surface area contributed by atoms with Crippen molar-refractivity contribution in [1.82, 2.24) is 0 Å². The van der Waals surface area contributed by atoms with Crippen molar-refractivity contribution in [3.8, 4) is 0 Å². The number of thioether (sulfide) groups is 1. The van der Waals surface area contributed by atoms with E-state index in [-0.39, 0.29) is 21.4 Å². The van der Waals surface area contributed by atoms with Crippen molar-refractivity contribution in [3.05, 3.63) is 74.8 Å². The molecule has 2 aromatic rings. The number of allylic oxidation sites excluding steroid dienone is 1. The molecule has 0 fully saturated rings. The number of ketones is 1. The standard InChI is InChI=1S/C25H21Cl2F9OS/c1-13(11-38-12-24(31,32)33)7-22(37)16-5-3-15(8-18(16)25(34,35)36)21(28)10-17(23(2,29)30)14-4-6-19(26)20(27)9-14/h3-6,8-10,13,17H,7,11-12H2,1-2H3/b21-10-/t13-,17?/m0/s1. The minimum atomic E-state index is -5.10. The van der Waals surface area contributed by atoms with E-state index in [1.54, 1.807) is 0 Å². The fourth-order valence-electron chi connectivity index (χ4n) is 3.52. The largest absolute Gasteiger partial charge is 0.417 e. The second-order valence-corrected chi connectivity index (χ2v) is 10.6. The Kier molecular flexibility index (Phi) is 10.7. The van der Waals surface area contributed by atoms with Gasteiger partial charge in [0.2, 0.25) is 0 Å². The Hall–Kier alpha value is -1.85. The third-order valence-electron chi connectivity index (χ3n) is 5.26. The Labute approximate surface area is 227 Å². The lowest BCUT2D eigenvalue weighted by Crippen LogP contribution is -2.21. The molecule has 0 aromatic heterocycles. The van der Waals surface area contributed by atoms with Gasteiger partial charge in [-0.1, -0.05) is 48.3 Å². The summed E-state index contributed by atoms with van der Waals surface area (Å²) in [7, 11) is 0. The zero-order chi connectivity index (χ0) is 29.1. The molecule has 0 radical (unpaired) electrons. The van der Waals surface area contributed by atoms with E-state index in [4.69, 9.17) is 23.2 Å². The van der Waals surface area contributed by atoms with Crippen LogP contribution in [0.5, 0.6) is 0 Å². The Morgan fingerprint density at radius 2 is 1.61 bits per heavy atom. The lowest BCUT2D eigenvalue weighted by atomic mass is 9.91. The summed E-state index contributed by atoms with van der Waals surface area (Å²) in [4.78, 5) is 12.6. The SMILES string of the molecule is C[C@H](CSCC(F)(F)F)CC(=O)c1ccc(/C(F)=C/C(c2ccc(Cl)c(Cl)c2)C(C)(F)F)cc1C(F)(F)F. The highest BCUT2D eigenvalue weighted by Crippen LogP contribution is 2.40. The number of Topliss-reactive ketones (excluding diaryl/α,β-unsaturated/α-hetero) is 1. The Morgan fingerprint density at radius 1 is 0.974 bits per heavy atom. The number of alkyl halides is 8. The van der Waals surface area contributed by atoms with Crippen LogP contribution < -0.4 is 0 Å². The molecule has 0 spiro atoms. The monoisotopic (exact) mass is 610 g/mol. The quantitative estimate of drug-likeness (QED) is 0.197. The maximum Gasteiger partial charge on any atom is 0.417 e. The number of hydrogen-bond acceptors (Lipinski definition) is 2. The first-order valence-electron chi connectivity index (χ1n) is 10.9. The Bertz CT molecular complexity index is 1170. The third kappa shape index (κ3) is 9.41. The average molecular weight is 611 g/mol. The van der Waals surface area contributed by atoms with E-state index in [0.29, 0.717) is 30.8 Å². The summed E-state index contributed by atoms with van der Waals surface area (Å²) in [6.45, 7) is 1.92. The van der Waals surface area contributed by atoms with Crippen LogP contribution in [-0.2, 0) is 6.18 Å². The van der Waals surface area contributed by atoms with E-state index in [1.807, 2.05) is 0 Å². The second kappa shape index (κ2) is 12.6. The molecule has 38 heavy (non-hydrogen) atoms. The summed E-state index contributed by atoms with van der Waals surface area (Å²) in [5.41, 5.74) is -3.13. The molecule has 210 valence electrons. The number of rotatable bonds is 10. The van der Waals surface area contributed by atoms with Gasteiger partial charge in [0.25, 0.3) is 5.92 Å².